The zero-order chi connectivity index (χ0) is 24.2. The number of carboxylic acid groups (broad SMARTS) is 1. The van der Waals surface area contributed by atoms with Crippen LogP contribution in [-0.2, 0) is 9.53 Å². The Hall–Kier alpha value is -2.40. The van der Waals surface area contributed by atoms with Gasteiger partial charge in [0.25, 0.3) is 0 Å². The first-order valence-corrected chi connectivity index (χ1v) is 13.0. The first-order chi connectivity index (χ1) is 16.4. The van der Waals surface area contributed by atoms with Gasteiger partial charge in [0.15, 0.2) is 5.78 Å². The van der Waals surface area contributed by atoms with E-state index in [1.165, 1.54) is 18.4 Å². The fraction of sp³-hybridized carbons (Fsp3) is 0.586. The fourth-order valence-corrected chi connectivity index (χ4v) is 6.38. The molecule has 2 heterocycles. The fourth-order valence-electron chi connectivity index (χ4n) is 6.38. The molecule has 184 valence electrons. The molecule has 2 aliphatic carbocycles. The second-order valence-corrected chi connectivity index (χ2v) is 10.5. The van der Waals surface area contributed by atoms with E-state index in [4.69, 9.17) is 4.74 Å². The zero-order valence-electron chi connectivity index (χ0n) is 20.7. The molecule has 1 saturated carbocycles. The van der Waals surface area contributed by atoms with E-state index in [1.807, 2.05) is 18.3 Å². The average molecular weight is 466 g/mol. The summed E-state index contributed by atoms with van der Waals surface area (Å²) in [5.74, 6) is 0.657. The third kappa shape index (κ3) is 5.14. The van der Waals surface area contributed by atoms with Crippen LogP contribution in [0.4, 0.5) is 0 Å². The van der Waals surface area contributed by atoms with Crippen LogP contribution in [0.25, 0.3) is 0 Å². The van der Waals surface area contributed by atoms with Crippen LogP contribution >= 0.6 is 0 Å². The second-order valence-electron chi connectivity index (χ2n) is 10.5. The molecule has 0 bridgehead atoms. The van der Waals surface area contributed by atoms with Crippen LogP contribution in [0.1, 0.15) is 63.4 Å². The molecule has 1 aliphatic heterocycles. The number of allylic oxidation sites excluding steroid dienone is 5. The summed E-state index contributed by atoms with van der Waals surface area (Å²) >= 11 is 0. The summed E-state index contributed by atoms with van der Waals surface area (Å²) in [7, 11) is 0. The summed E-state index contributed by atoms with van der Waals surface area (Å²) in [5.41, 5.74) is 2.04. The molecular formula is C29H39NO4. The van der Waals surface area contributed by atoms with Gasteiger partial charge in [-0.1, -0.05) is 56.2 Å². The molecule has 3 aliphatic rings. The lowest BCUT2D eigenvalue weighted by atomic mass is 9.69. The minimum absolute atomic E-state index is 0.0129. The van der Waals surface area contributed by atoms with Gasteiger partial charge in [-0.2, -0.15) is 0 Å². The number of nitrogens with one attached hydrogen (secondary N) is 1. The molecule has 5 heteroatoms. The zero-order valence-corrected chi connectivity index (χ0v) is 20.7. The number of H-pyrrole nitrogens is 1. The van der Waals surface area contributed by atoms with Crippen molar-refractivity contribution in [2.24, 2.45) is 41.4 Å². The van der Waals surface area contributed by atoms with Crippen molar-refractivity contribution >= 4 is 11.8 Å². The predicted molar refractivity (Wildman–Crippen MR) is 133 cm³/mol. The first-order valence-electron chi connectivity index (χ1n) is 13.0. The van der Waals surface area contributed by atoms with Crippen molar-refractivity contribution in [1.82, 2.24) is 4.98 Å². The van der Waals surface area contributed by atoms with E-state index in [2.05, 4.69) is 49.2 Å². The van der Waals surface area contributed by atoms with Gasteiger partial charge < -0.3 is 14.8 Å². The Balaban J connectivity index is 1.48. The number of hydrogen-bond donors (Lipinski definition) is 2. The molecule has 0 aromatic carbocycles. The highest BCUT2D eigenvalue weighted by atomic mass is 16.5. The molecule has 1 saturated heterocycles. The van der Waals surface area contributed by atoms with Gasteiger partial charge in [0.05, 0.1) is 24.3 Å². The number of carboxylic acids is 1. The maximum absolute atomic E-state index is 13.4. The van der Waals surface area contributed by atoms with Gasteiger partial charge in [-0.05, 0) is 62.5 Å². The summed E-state index contributed by atoms with van der Waals surface area (Å²) in [6.07, 6.45) is 18.0. The molecule has 2 N–H and O–H groups in total. The van der Waals surface area contributed by atoms with Crippen LogP contribution < -0.4 is 0 Å². The maximum Gasteiger partial charge on any atom is 0.308 e. The largest absolute Gasteiger partial charge is 0.481 e. The molecule has 0 spiro atoms. The molecule has 1 aromatic rings. The number of aromatic amines is 1. The third-order valence-electron chi connectivity index (χ3n) is 8.50. The normalized spacial score (nSPS) is 34.8. The van der Waals surface area contributed by atoms with E-state index < -0.39 is 11.9 Å². The minimum Gasteiger partial charge on any atom is -0.481 e. The van der Waals surface area contributed by atoms with Crippen molar-refractivity contribution in [3.05, 3.63) is 60.0 Å². The van der Waals surface area contributed by atoms with E-state index in [1.54, 1.807) is 6.92 Å². The van der Waals surface area contributed by atoms with Crippen molar-refractivity contribution in [3.63, 3.8) is 0 Å². The summed E-state index contributed by atoms with van der Waals surface area (Å²) in [5, 5.41) is 9.33. The van der Waals surface area contributed by atoms with Gasteiger partial charge in [-0.3, -0.25) is 9.59 Å². The highest BCUT2D eigenvalue weighted by Gasteiger charge is 2.42. The SMILES string of the molecule is CCC(=CC=CC1C=CC2CCCC2C1C(=O)c1ccc[nH]1)C1COC(C(C)C(=O)O)CC1C. The molecule has 34 heavy (non-hydrogen) atoms. The van der Waals surface area contributed by atoms with Crippen molar-refractivity contribution in [2.45, 2.75) is 59.0 Å². The number of rotatable bonds is 8. The molecule has 0 amide bonds. The van der Waals surface area contributed by atoms with Gasteiger partial charge >= 0.3 is 5.97 Å². The third-order valence-corrected chi connectivity index (χ3v) is 8.50. The number of Topliss-reactive ketones (excluding diaryl/α,β-unsaturated/α-hetero) is 1. The monoisotopic (exact) mass is 465 g/mol. The van der Waals surface area contributed by atoms with Crippen molar-refractivity contribution in [2.75, 3.05) is 6.61 Å². The molecule has 0 radical (unpaired) electrons. The van der Waals surface area contributed by atoms with E-state index in [0.29, 0.717) is 36.0 Å². The Labute approximate surface area is 203 Å². The number of aliphatic carboxylic acids is 1. The van der Waals surface area contributed by atoms with Crippen LogP contribution in [0.5, 0.6) is 0 Å². The van der Waals surface area contributed by atoms with Crippen molar-refractivity contribution in [1.29, 1.82) is 0 Å². The quantitative estimate of drug-likeness (QED) is 0.277. The highest BCUT2D eigenvalue weighted by Crippen LogP contribution is 2.46. The molecule has 8 atom stereocenters. The van der Waals surface area contributed by atoms with Crippen LogP contribution in [0.15, 0.2) is 54.3 Å². The second kappa shape index (κ2) is 10.9. The van der Waals surface area contributed by atoms with Gasteiger partial charge in [-0.15, -0.1) is 0 Å². The molecule has 1 aromatic heterocycles. The smallest absolute Gasteiger partial charge is 0.308 e. The number of aromatic nitrogens is 1. The van der Waals surface area contributed by atoms with E-state index in [-0.39, 0.29) is 23.7 Å². The number of hydrogen-bond acceptors (Lipinski definition) is 3. The lowest BCUT2D eigenvalue weighted by molar-refractivity contribution is -0.150. The van der Waals surface area contributed by atoms with Gasteiger partial charge in [0, 0.05) is 24.0 Å². The Kier molecular flexibility index (Phi) is 7.92. The van der Waals surface area contributed by atoms with Gasteiger partial charge in [-0.25, -0.2) is 0 Å². The molecular weight excluding hydrogens is 426 g/mol. The summed E-state index contributed by atoms with van der Waals surface area (Å²) in [4.78, 5) is 27.9. The minimum atomic E-state index is -0.793. The van der Waals surface area contributed by atoms with Gasteiger partial charge in [0.2, 0.25) is 0 Å². The Bertz CT molecular complexity index is 943. The van der Waals surface area contributed by atoms with Crippen LogP contribution in [0.2, 0.25) is 0 Å². The number of fused-ring (bicyclic) bond motifs is 1. The molecule has 4 rings (SSSR count). The number of ether oxygens (including phenoxy) is 1. The van der Waals surface area contributed by atoms with Gasteiger partial charge in [0.1, 0.15) is 0 Å². The Morgan fingerprint density at radius 1 is 1.29 bits per heavy atom. The predicted octanol–water partition coefficient (Wildman–Crippen LogP) is 6.07. The first kappa shape index (κ1) is 24.7. The number of carbonyl (C=O) groups excluding carboxylic acids is 1. The standard InChI is InChI=1S/C29H39NO4/c1-4-20(24-17-34-26(16-18(24)2)19(3)29(32)33)8-5-10-22-14-13-21-9-6-11-23(21)27(22)28(31)25-12-7-15-30-25/h5,7-8,10,12-15,18-19,21-24,26-27,30H,4,6,9,11,16-17H2,1-3H3,(H,32,33). The molecule has 2 fully saturated rings. The lowest BCUT2D eigenvalue weighted by Crippen LogP contribution is -2.39. The maximum atomic E-state index is 13.4. The van der Waals surface area contributed by atoms with Crippen LogP contribution in [0, 0.1) is 41.4 Å². The summed E-state index contributed by atoms with van der Waals surface area (Å²) < 4.78 is 6.00. The molecule has 5 nitrogen and oxygen atoms in total. The lowest BCUT2D eigenvalue weighted by Gasteiger charge is -2.37. The average Bonchev–Trinajstić information content (AvgIpc) is 3.53. The topological polar surface area (TPSA) is 79.4 Å². The van der Waals surface area contributed by atoms with Crippen molar-refractivity contribution < 1.29 is 19.4 Å². The van der Waals surface area contributed by atoms with E-state index in [9.17, 15) is 14.7 Å². The summed E-state index contributed by atoms with van der Waals surface area (Å²) in [6.45, 7) is 6.67. The van der Waals surface area contributed by atoms with Crippen molar-refractivity contribution in [3.8, 4) is 0 Å². The molecule has 8 unspecified atom stereocenters. The van der Waals surface area contributed by atoms with Crippen LogP contribution in [0.3, 0.4) is 0 Å². The Morgan fingerprint density at radius 2 is 2.12 bits per heavy atom. The van der Waals surface area contributed by atoms with E-state index in [0.717, 1.165) is 19.3 Å². The Morgan fingerprint density at radius 3 is 2.79 bits per heavy atom. The summed E-state index contributed by atoms with van der Waals surface area (Å²) in [6, 6.07) is 3.79. The highest BCUT2D eigenvalue weighted by molar-refractivity contribution is 5.97. The number of carbonyl (C=O) groups is 2. The van der Waals surface area contributed by atoms with E-state index >= 15 is 0 Å². The van der Waals surface area contributed by atoms with Crippen LogP contribution in [-0.4, -0.2) is 34.6 Å². The number of ketones is 1.